The zero-order valence-electron chi connectivity index (χ0n) is 8.10. The van der Waals surface area contributed by atoms with E-state index in [2.05, 4.69) is 0 Å². The van der Waals surface area contributed by atoms with E-state index in [1.165, 1.54) is 13.2 Å². The largest absolute Gasteiger partial charge is 0.496 e. The van der Waals surface area contributed by atoms with Crippen LogP contribution in [0, 0.1) is 28.6 Å². The second kappa shape index (κ2) is 4.78. The van der Waals surface area contributed by atoms with Crippen molar-refractivity contribution in [3.05, 3.63) is 29.8 Å². The molecule has 0 heterocycles. The van der Waals surface area contributed by atoms with Gasteiger partial charge in [0.1, 0.15) is 5.75 Å². The molecule has 1 rings (SSSR count). The van der Waals surface area contributed by atoms with Gasteiger partial charge in [-0.05, 0) is 12.1 Å². The molecule has 4 nitrogen and oxygen atoms in total. The number of carbonyl (C=O) groups is 1. The quantitative estimate of drug-likeness (QED) is 0.693. The summed E-state index contributed by atoms with van der Waals surface area (Å²) in [6, 6.07) is 9.78. The third-order valence-electron chi connectivity index (χ3n) is 1.89. The lowest BCUT2D eigenvalue weighted by molar-refractivity contribution is 0.0968. The van der Waals surface area contributed by atoms with Gasteiger partial charge in [-0.2, -0.15) is 10.5 Å². The molecule has 0 saturated heterocycles. The first-order valence-electron chi connectivity index (χ1n) is 4.21. The van der Waals surface area contributed by atoms with Crippen LogP contribution in [0.4, 0.5) is 0 Å². The fourth-order valence-corrected chi connectivity index (χ4v) is 1.15. The molecule has 15 heavy (non-hydrogen) atoms. The molecule has 0 aliphatic heterocycles. The van der Waals surface area contributed by atoms with Crippen LogP contribution in [0.25, 0.3) is 0 Å². The number of methoxy groups -OCH3 is 1. The number of nitrogens with zero attached hydrogens (tertiary/aromatic N) is 2. The van der Waals surface area contributed by atoms with Crippen molar-refractivity contribution in [3.63, 3.8) is 0 Å². The number of hydrogen-bond acceptors (Lipinski definition) is 4. The third kappa shape index (κ3) is 2.12. The van der Waals surface area contributed by atoms with E-state index >= 15 is 0 Å². The van der Waals surface area contributed by atoms with E-state index in [1.807, 2.05) is 0 Å². The molecular weight excluding hydrogens is 192 g/mol. The normalized spacial score (nSPS) is 9.07. The molecule has 0 amide bonds. The molecule has 0 aliphatic carbocycles. The fraction of sp³-hybridized carbons (Fsp3) is 0.182. The van der Waals surface area contributed by atoms with Crippen LogP contribution in [-0.2, 0) is 0 Å². The maximum Gasteiger partial charge on any atom is 0.198 e. The average Bonchev–Trinajstić information content (AvgIpc) is 2.30. The smallest absolute Gasteiger partial charge is 0.198 e. The molecule has 0 spiro atoms. The highest BCUT2D eigenvalue weighted by Crippen LogP contribution is 2.20. The number of hydrogen-bond donors (Lipinski definition) is 0. The molecule has 0 N–H and O–H groups in total. The summed E-state index contributed by atoms with van der Waals surface area (Å²) >= 11 is 0. The van der Waals surface area contributed by atoms with Gasteiger partial charge in [0.05, 0.1) is 24.8 Å². The van der Waals surface area contributed by atoms with Crippen molar-refractivity contribution in [2.24, 2.45) is 5.92 Å². The van der Waals surface area contributed by atoms with Crippen LogP contribution in [0.15, 0.2) is 24.3 Å². The number of ketones is 1. The molecule has 1 aromatic rings. The van der Waals surface area contributed by atoms with E-state index < -0.39 is 11.7 Å². The van der Waals surface area contributed by atoms with Gasteiger partial charge in [-0.25, -0.2) is 0 Å². The summed E-state index contributed by atoms with van der Waals surface area (Å²) in [5, 5.41) is 17.2. The molecule has 0 aromatic heterocycles. The summed E-state index contributed by atoms with van der Waals surface area (Å²) in [6.45, 7) is 0. The van der Waals surface area contributed by atoms with Crippen molar-refractivity contribution in [2.45, 2.75) is 0 Å². The van der Waals surface area contributed by atoms with Gasteiger partial charge in [-0.1, -0.05) is 12.1 Å². The minimum Gasteiger partial charge on any atom is -0.496 e. The van der Waals surface area contributed by atoms with Gasteiger partial charge in [0.25, 0.3) is 0 Å². The van der Waals surface area contributed by atoms with E-state index in [0.29, 0.717) is 5.75 Å². The first-order chi connectivity index (χ1) is 7.24. The summed E-state index contributed by atoms with van der Waals surface area (Å²) in [5.74, 6) is -1.43. The van der Waals surface area contributed by atoms with Crippen molar-refractivity contribution >= 4 is 5.78 Å². The lowest BCUT2D eigenvalue weighted by atomic mass is 9.99. The van der Waals surface area contributed by atoms with Crippen molar-refractivity contribution in [3.8, 4) is 17.9 Å². The molecule has 74 valence electrons. The molecule has 0 bridgehead atoms. The molecule has 0 radical (unpaired) electrons. The lowest BCUT2D eigenvalue weighted by Gasteiger charge is -2.06. The zero-order chi connectivity index (χ0) is 11.3. The zero-order valence-corrected chi connectivity index (χ0v) is 8.10. The van der Waals surface area contributed by atoms with E-state index in [4.69, 9.17) is 15.3 Å². The Balaban J connectivity index is 3.13. The molecule has 0 aliphatic rings. The average molecular weight is 200 g/mol. The number of ether oxygens (including phenoxy) is 1. The minimum absolute atomic E-state index is 0.258. The van der Waals surface area contributed by atoms with Crippen LogP contribution in [0.3, 0.4) is 0 Å². The monoisotopic (exact) mass is 200 g/mol. The summed E-state index contributed by atoms with van der Waals surface area (Å²) in [6.07, 6.45) is 0. The van der Waals surface area contributed by atoms with Gasteiger partial charge in [-0.15, -0.1) is 0 Å². The topological polar surface area (TPSA) is 73.9 Å². The Morgan fingerprint density at radius 1 is 1.33 bits per heavy atom. The Morgan fingerprint density at radius 3 is 2.47 bits per heavy atom. The van der Waals surface area contributed by atoms with Gasteiger partial charge in [-0.3, -0.25) is 4.79 Å². The summed E-state index contributed by atoms with van der Waals surface area (Å²) in [4.78, 5) is 11.7. The molecule has 0 fully saturated rings. The second-order valence-electron chi connectivity index (χ2n) is 2.76. The van der Waals surface area contributed by atoms with Crippen molar-refractivity contribution in [1.82, 2.24) is 0 Å². The number of carbonyl (C=O) groups excluding carboxylic acids is 1. The molecule has 0 atom stereocenters. The van der Waals surface area contributed by atoms with Crippen molar-refractivity contribution in [1.29, 1.82) is 10.5 Å². The maximum absolute atomic E-state index is 11.7. The summed E-state index contributed by atoms with van der Waals surface area (Å²) < 4.78 is 4.97. The van der Waals surface area contributed by atoms with Crippen LogP contribution in [-0.4, -0.2) is 12.9 Å². The number of para-hydroxylation sites is 1. The fourth-order valence-electron chi connectivity index (χ4n) is 1.15. The molecule has 0 saturated carbocycles. The minimum atomic E-state index is -1.28. The standard InChI is InChI=1S/C11H8N2O2/c1-15-10-5-3-2-4-9(10)11(14)8(6-12)7-13/h2-5,8H,1H3. The van der Waals surface area contributed by atoms with E-state index in [9.17, 15) is 4.79 Å². The predicted octanol–water partition coefficient (Wildman–Crippen LogP) is 1.54. The first-order valence-corrected chi connectivity index (χ1v) is 4.21. The second-order valence-corrected chi connectivity index (χ2v) is 2.76. The maximum atomic E-state index is 11.7. The van der Waals surface area contributed by atoms with Gasteiger partial charge < -0.3 is 4.74 Å². The lowest BCUT2D eigenvalue weighted by Crippen LogP contribution is -2.11. The summed E-state index contributed by atoms with van der Waals surface area (Å²) in [7, 11) is 1.43. The van der Waals surface area contributed by atoms with Crippen LogP contribution in [0.1, 0.15) is 10.4 Å². The van der Waals surface area contributed by atoms with Gasteiger partial charge >= 0.3 is 0 Å². The van der Waals surface area contributed by atoms with Gasteiger partial charge in [0.2, 0.25) is 0 Å². The van der Waals surface area contributed by atoms with E-state index in [0.717, 1.165) is 0 Å². The Bertz CT molecular complexity index is 440. The number of benzene rings is 1. The van der Waals surface area contributed by atoms with Gasteiger partial charge in [0, 0.05) is 0 Å². The van der Waals surface area contributed by atoms with Gasteiger partial charge in [0.15, 0.2) is 11.7 Å². The highest BCUT2D eigenvalue weighted by atomic mass is 16.5. The molecular formula is C11H8N2O2. The van der Waals surface area contributed by atoms with E-state index in [-0.39, 0.29) is 5.56 Å². The van der Waals surface area contributed by atoms with Crippen LogP contribution in [0.5, 0.6) is 5.75 Å². The third-order valence-corrected chi connectivity index (χ3v) is 1.89. The Labute approximate surface area is 87.3 Å². The highest BCUT2D eigenvalue weighted by molar-refractivity contribution is 6.03. The Morgan fingerprint density at radius 2 is 1.93 bits per heavy atom. The number of nitriles is 2. The molecule has 4 heteroatoms. The van der Waals surface area contributed by atoms with Crippen LogP contribution < -0.4 is 4.74 Å². The Hall–Kier alpha value is -2.33. The summed E-state index contributed by atoms with van der Waals surface area (Å²) in [5.41, 5.74) is 0.258. The number of rotatable bonds is 3. The first kappa shape index (κ1) is 10.7. The molecule has 1 aromatic carbocycles. The number of Topliss-reactive ketones (excluding diaryl/α,β-unsaturated/α-hetero) is 1. The van der Waals surface area contributed by atoms with E-state index in [1.54, 1.807) is 30.3 Å². The SMILES string of the molecule is COc1ccccc1C(=O)C(C#N)C#N. The highest BCUT2D eigenvalue weighted by Gasteiger charge is 2.21. The van der Waals surface area contributed by atoms with Crippen LogP contribution >= 0.6 is 0 Å². The van der Waals surface area contributed by atoms with Crippen molar-refractivity contribution in [2.75, 3.05) is 7.11 Å². The van der Waals surface area contributed by atoms with Crippen molar-refractivity contribution < 1.29 is 9.53 Å². The Kier molecular flexibility index (Phi) is 3.43. The molecule has 0 unspecified atom stereocenters. The predicted molar refractivity (Wildman–Crippen MR) is 52.0 cm³/mol. The van der Waals surface area contributed by atoms with Crippen LogP contribution in [0.2, 0.25) is 0 Å².